The van der Waals surface area contributed by atoms with Gasteiger partial charge in [-0.1, -0.05) is 36.1 Å². The fourth-order valence-electron chi connectivity index (χ4n) is 5.21. The average Bonchev–Trinajstić information content (AvgIpc) is 3.06. The number of nitrogens with one attached hydrogen (secondary N) is 2. The first kappa shape index (κ1) is 31.8. The van der Waals surface area contributed by atoms with E-state index < -0.39 is 5.91 Å². The van der Waals surface area contributed by atoms with Crippen molar-refractivity contribution in [3.63, 3.8) is 0 Å². The number of methoxy groups -OCH3 is 1. The number of benzene rings is 4. The monoisotopic (exact) mass is 612 g/mol. The van der Waals surface area contributed by atoms with Crippen molar-refractivity contribution in [1.82, 2.24) is 4.98 Å². The number of nitrogens with zero attached hydrogens (tertiary/aromatic N) is 1. The van der Waals surface area contributed by atoms with E-state index in [1.165, 1.54) is 6.20 Å². The molecule has 1 aromatic heterocycles. The van der Waals surface area contributed by atoms with Gasteiger partial charge in [-0.3, -0.25) is 14.6 Å². The van der Waals surface area contributed by atoms with E-state index in [0.717, 1.165) is 58.1 Å². The molecule has 2 amide bonds. The zero-order chi connectivity index (χ0) is 32.5. The van der Waals surface area contributed by atoms with E-state index >= 15 is 0 Å². The van der Waals surface area contributed by atoms with Gasteiger partial charge in [-0.25, -0.2) is 0 Å². The summed E-state index contributed by atoms with van der Waals surface area (Å²) in [4.78, 5) is 30.1. The number of rotatable bonds is 11. The summed E-state index contributed by atoms with van der Waals surface area (Å²) in [6, 6.07) is 26.5. The van der Waals surface area contributed by atoms with Crippen molar-refractivity contribution in [3.8, 4) is 17.6 Å². The normalized spacial score (nSPS) is 10.6. The molecule has 0 bridgehead atoms. The zero-order valence-corrected chi connectivity index (χ0v) is 25.9. The summed E-state index contributed by atoms with van der Waals surface area (Å²) in [5, 5.41) is 16.0. The molecule has 0 saturated carbocycles. The second-order valence-electron chi connectivity index (χ2n) is 11.0. The molecule has 5 aromatic rings. The number of unbranched alkanes of at least 4 members (excludes halogenated alkanes) is 2. The molecule has 0 aliphatic heterocycles. The summed E-state index contributed by atoms with van der Waals surface area (Å²) in [6.45, 7) is 2.17. The van der Waals surface area contributed by atoms with Gasteiger partial charge in [-0.15, -0.1) is 0 Å². The van der Waals surface area contributed by atoms with E-state index in [9.17, 15) is 9.59 Å². The van der Waals surface area contributed by atoms with Gasteiger partial charge < -0.3 is 26.2 Å². The van der Waals surface area contributed by atoms with Crippen molar-refractivity contribution in [2.24, 2.45) is 5.73 Å². The van der Waals surface area contributed by atoms with Crippen LogP contribution in [-0.4, -0.2) is 35.6 Å². The minimum Gasteiger partial charge on any atom is -0.497 e. The highest BCUT2D eigenvalue weighted by Crippen LogP contribution is 2.33. The molecule has 232 valence electrons. The lowest BCUT2D eigenvalue weighted by Gasteiger charge is -2.16. The van der Waals surface area contributed by atoms with Gasteiger partial charge in [0.05, 0.1) is 23.9 Å². The van der Waals surface area contributed by atoms with Crippen LogP contribution in [-0.2, 0) is 6.42 Å². The fourth-order valence-corrected chi connectivity index (χ4v) is 5.21. The number of anilines is 3. The van der Waals surface area contributed by atoms with Crippen LogP contribution in [0.25, 0.3) is 10.9 Å². The first-order chi connectivity index (χ1) is 22.3. The highest BCUT2D eigenvalue weighted by molar-refractivity contribution is 6.08. The van der Waals surface area contributed by atoms with E-state index in [2.05, 4.69) is 33.5 Å². The Morgan fingerprint density at radius 1 is 0.935 bits per heavy atom. The Labute approximate surface area is 268 Å². The van der Waals surface area contributed by atoms with Crippen molar-refractivity contribution in [1.29, 1.82) is 0 Å². The van der Waals surface area contributed by atoms with Crippen molar-refractivity contribution in [2.45, 2.75) is 32.6 Å². The van der Waals surface area contributed by atoms with Crippen LogP contribution >= 0.6 is 0 Å². The van der Waals surface area contributed by atoms with Crippen LogP contribution in [0.3, 0.4) is 0 Å². The largest absolute Gasteiger partial charge is 0.497 e. The average molecular weight is 613 g/mol. The lowest BCUT2D eigenvalue weighted by molar-refractivity contribution is 0.0998. The van der Waals surface area contributed by atoms with Crippen molar-refractivity contribution >= 4 is 39.8 Å². The van der Waals surface area contributed by atoms with Gasteiger partial charge in [0.1, 0.15) is 5.75 Å². The molecule has 0 saturated heterocycles. The fraction of sp³-hybridized carbons (Fsp3) is 0.184. The van der Waals surface area contributed by atoms with Gasteiger partial charge in [0, 0.05) is 53.2 Å². The van der Waals surface area contributed by atoms with Crippen LogP contribution in [0.4, 0.5) is 17.1 Å². The van der Waals surface area contributed by atoms with Crippen LogP contribution in [0.15, 0.2) is 91.1 Å². The smallest absolute Gasteiger partial charge is 0.255 e. The molecular weight excluding hydrogens is 576 g/mol. The Balaban J connectivity index is 1.36. The number of aliphatic hydroxyl groups is 1. The van der Waals surface area contributed by atoms with Gasteiger partial charge in [0.2, 0.25) is 0 Å². The maximum atomic E-state index is 13.1. The van der Waals surface area contributed by atoms with E-state index in [-0.39, 0.29) is 18.1 Å². The molecule has 5 rings (SSSR count). The number of amides is 2. The van der Waals surface area contributed by atoms with Gasteiger partial charge >= 0.3 is 0 Å². The molecule has 0 aliphatic rings. The summed E-state index contributed by atoms with van der Waals surface area (Å²) < 4.78 is 5.37. The minimum absolute atomic E-state index is 0.184. The first-order valence-corrected chi connectivity index (χ1v) is 15.1. The molecule has 0 spiro atoms. The number of carbonyl (C=O) groups is 2. The van der Waals surface area contributed by atoms with Crippen LogP contribution in [0.1, 0.15) is 62.2 Å². The zero-order valence-electron chi connectivity index (χ0n) is 25.9. The van der Waals surface area contributed by atoms with Gasteiger partial charge in [0.25, 0.3) is 11.8 Å². The molecule has 0 radical (unpaired) electrons. The number of carbonyl (C=O) groups excluding carboxylic acids is 2. The lowest BCUT2D eigenvalue weighted by Crippen LogP contribution is -2.14. The summed E-state index contributed by atoms with van der Waals surface area (Å²) in [6.07, 6.45) is 4.42. The van der Waals surface area contributed by atoms with Gasteiger partial charge in [-0.2, -0.15) is 0 Å². The topological polar surface area (TPSA) is 127 Å². The highest BCUT2D eigenvalue weighted by atomic mass is 16.5. The SMILES string of the molecule is COc1cccc(Nc2c(C(N)=O)cnc3c(C)cc(Cc4cccc(C(=O)Nc5ccc(C#CCCCCO)cc5)c4)cc23)c1. The van der Waals surface area contributed by atoms with Crippen LogP contribution < -0.4 is 21.1 Å². The Morgan fingerprint density at radius 3 is 2.50 bits per heavy atom. The Morgan fingerprint density at radius 2 is 1.74 bits per heavy atom. The second kappa shape index (κ2) is 14.9. The molecule has 8 heteroatoms. The molecule has 0 fully saturated rings. The molecule has 0 atom stereocenters. The number of primary amides is 1. The van der Waals surface area contributed by atoms with Gasteiger partial charge in [-0.05, 0) is 97.5 Å². The van der Waals surface area contributed by atoms with E-state index in [4.69, 9.17) is 15.6 Å². The number of hydrogen-bond acceptors (Lipinski definition) is 6. The molecule has 5 N–H and O–H groups in total. The van der Waals surface area contributed by atoms with Crippen LogP contribution in [0.2, 0.25) is 0 Å². The van der Waals surface area contributed by atoms with Crippen molar-refractivity contribution < 1.29 is 19.4 Å². The van der Waals surface area contributed by atoms with E-state index in [1.54, 1.807) is 13.2 Å². The maximum absolute atomic E-state index is 13.1. The number of aliphatic hydroxyl groups excluding tert-OH is 1. The third-order valence-corrected chi connectivity index (χ3v) is 7.51. The Kier molecular flexibility index (Phi) is 10.3. The third kappa shape index (κ3) is 7.89. The molecular formula is C38H36N4O4. The number of hydrogen-bond donors (Lipinski definition) is 4. The summed E-state index contributed by atoms with van der Waals surface area (Å²) >= 11 is 0. The van der Waals surface area contributed by atoms with Crippen LogP contribution in [0.5, 0.6) is 5.75 Å². The molecule has 46 heavy (non-hydrogen) atoms. The molecule has 0 unspecified atom stereocenters. The number of fused-ring (bicyclic) bond motifs is 1. The number of aromatic nitrogens is 1. The van der Waals surface area contributed by atoms with Crippen molar-refractivity contribution in [3.05, 3.63) is 125 Å². The predicted octanol–water partition coefficient (Wildman–Crippen LogP) is 6.75. The summed E-state index contributed by atoms with van der Waals surface area (Å²) in [5.41, 5.74) is 13.1. The van der Waals surface area contributed by atoms with Crippen molar-refractivity contribution in [2.75, 3.05) is 24.4 Å². The van der Waals surface area contributed by atoms with E-state index in [1.807, 2.05) is 79.7 Å². The standard InChI is InChI=1S/C38H36N4O4/c1-25-19-28(22-33-35(25)40-24-34(37(39)44)36(33)41-31-12-8-13-32(23-31)46-2)20-27-10-7-11-29(21-27)38(45)42-30-16-14-26(15-17-30)9-5-3-4-6-18-43/h7-8,10-17,19,21-24,43H,3-4,6,18,20H2,1-2H3,(H2,39,44)(H,40,41)(H,42,45). The Bertz CT molecular complexity index is 1940. The molecule has 0 aliphatic carbocycles. The first-order valence-electron chi connectivity index (χ1n) is 15.1. The Hall–Kier alpha value is -5.65. The number of nitrogens with two attached hydrogens (primary N) is 1. The second-order valence-corrected chi connectivity index (χ2v) is 11.0. The predicted molar refractivity (Wildman–Crippen MR) is 183 cm³/mol. The molecule has 4 aromatic carbocycles. The number of ether oxygens (including phenoxy) is 1. The summed E-state index contributed by atoms with van der Waals surface area (Å²) in [5.74, 6) is 6.10. The molecule has 8 nitrogen and oxygen atoms in total. The molecule has 1 heterocycles. The summed E-state index contributed by atoms with van der Waals surface area (Å²) in [7, 11) is 1.60. The third-order valence-electron chi connectivity index (χ3n) is 7.51. The minimum atomic E-state index is -0.585. The van der Waals surface area contributed by atoms with Crippen LogP contribution in [0, 0.1) is 18.8 Å². The maximum Gasteiger partial charge on any atom is 0.255 e. The quantitative estimate of drug-likeness (QED) is 0.0966. The highest BCUT2D eigenvalue weighted by Gasteiger charge is 2.17. The number of pyridine rings is 1. The lowest BCUT2D eigenvalue weighted by atomic mass is 9.97. The van der Waals surface area contributed by atoms with E-state index in [0.29, 0.717) is 29.1 Å². The van der Waals surface area contributed by atoms with Gasteiger partial charge in [0.15, 0.2) is 0 Å². The number of aryl methyl sites for hydroxylation is 1.